The highest BCUT2D eigenvalue weighted by atomic mass is 35.5. The summed E-state index contributed by atoms with van der Waals surface area (Å²) in [6.45, 7) is 0. The Balaban J connectivity index is 2.42. The van der Waals surface area contributed by atoms with E-state index in [1.807, 2.05) is 0 Å². The molecule has 0 amide bonds. The largest absolute Gasteiger partial charge is 0.453 e. The number of amidine groups is 1. The van der Waals surface area contributed by atoms with Crippen molar-refractivity contribution >= 4 is 29.0 Å². The Hall–Kier alpha value is -1.45. The molecule has 0 saturated carbocycles. The summed E-state index contributed by atoms with van der Waals surface area (Å²) < 4.78 is 5.37. The van der Waals surface area contributed by atoms with Crippen LogP contribution in [0.15, 0.2) is 34.7 Å². The van der Waals surface area contributed by atoms with Gasteiger partial charge in [0.1, 0.15) is 5.76 Å². The Morgan fingerprint density at radius 3 is 2.44 bits per heavy atom. The molecule has 3 nitrogen and oxygen atoms in total. The minimum atomic E-state index is -0.105. The van der Waals surface area contributed by atoms with Crippen LogP contribution in [0, 0.1) is 5.41 Å². The van der Waals surface area contributed by atoms with Crippen LogP contribution in [0.25, 0.3) is 11.3 Å². The van der Waals surface area contributed by atoms with Crippen LogP contribution in [0.5, 0.6) is 0 Å². The van der Waals surface area contributed by atoms with E-state index in [1.54, 1.807) is 30.3 Å². The van der Waals surface area contributed by atoms with Gasteiger partial charge in [0.25, 0.3) is 0 Å². The predicted octanol–water partition coefficient (Wildman–Crippen LogP) is 3.54. The van der Waals surface area contributed by atoms with Gasteiger partial charge < -0.3 is 10.2 Å². The fourth-order valence-electron chi connectivity index (χ4n) is 1.29. The van der Waals surface area contributed by atoms with E-state index in [-0.39, 0.29) is 5.84 Å². The second-order valence-corrected chi connectivity index (χ2v) is 4.02. The minimum Gasteiger partial charge on any atom is -0.453 e. The summed E-state index contributed by atoms with van der Waals surface area (Å²) in [5.74, 6) is 0.830. The van der Waals surface area contributed by atoms with Gasteiger partial charge in [0, 0.05) is 5.56 Å². The van der Waals surface area contributed by atoms with Gasteiger partial charge in [-0.25, -0.2) is 0 Å². The molecule has 2 rings (SSSR count). The molecular weight excluding hydrogens is 247 g/mol. The lowest BCUT2D eigenvalue weighted by molar-refractivity contribution is 0.571. The van der Waals surface area contributed by atoms with Crippen molar-refractivity contribution in [2.75, 3.05) is 0 Å². The van der Waals surface area contributed by atoms with Crippen LogP contribution in [-0.2, 0) is 0 Å². The zero-order valence-corrected chi connectivity index (χ0v) is 9.64. The number of rotatable bonds is 2. The van der Waals surface area contributed by atoms with E-state index < -0.39 is 0 Å². The number of furan rings is 1. The molecule has 0 spiro atoms. The molecule has 0 aliphatic heterocycles. The molecule has 0 bridgehead atoms. The van der Waals surface area contributed by atoms with Crippen molar-refractivity contribution in [1.29, 1.82) is 5.41 Å². The van der Waals surface area contributed by atoms with Crippen molar-refractivity contribution < 1.29 is 4.42 Å². The fourth-order valence-corrected chi connectivity index (χ4v) is 1.59. The van der Waals surface area contributed by atoms with Gasteiger partial charge in [-0.2, -0.15) is 0 Å². The molecule has 0 aliphatic carbocycles. The van der Waals surface area contributed by atoms with Crippen molar-refractivity contribution in [3.63, 3.8) is 0 Å². The van der Waals surface area contributed by atoms with Crippen LogP contribution >= 0.6 is 23.2 Å². The SMILES string of the molecule is N=C(N)c1ccc(-c2ccc(Cl)c(Cl)c2)o1. The molecule has 1 heterocycles. The van der Waals surface area contributed by atoms with Crippen LogP contribution in [0.2, 0.25) is 10.0 Å². The summed E-state index contributed by atoms with van der Waals surface area (Å²) >= 11 is 11.7. The summed E-state index contributed by atoms with van der Waals surface area (Å²) in [7, 11) is 0. The molecule has 0 saturated heterocycles. The molecule has 0 atom stereocenters. The van der Waals surface area contributed by atoms with Gasteiger partial charge in [-0.3, -0.25) is 5.41 Å². The Kier molecular flexibility index (Phi) is 2.90. The maximum Gasteiger partial charge on any atom is 0.168 e. The maximum atomic E-state index is 7.22. The van der Waals surface area contributed by atoms with Gasteiger partial charge in [-0.05, 0) is 30.3 Å². The lowest BCUT2D eigenvalue weighted by atomic mass is 10.2. The van der Waals surface area contributed by atoms with E-state index in [9.17, 15) is 0 Å². The summed E-state index contributed by atoms with van der Waals surface area (Å²) in [6.07, 6.45) is 0. The van der Waals surface area contributed by atoms with E-state index in [0.29, 0.717) is 21.6 Å². The Bertz CT molecular complexity index is 549. The van der Waals surface area contributed by atoms with E-state index in [1.165, 1.54) is 0 Å². The first-order chi connectivity index (χ1) is 7.58. The molecule has 1 aromatic heterocycles. The molecule has 0 aliphatic rings. The number of benzene rings is 1. The van der Waals surface area contributed by atoms with E-state index in [0.717, 1.165) is 5.56 Å². The molecule has 0 fully saturated rings. The molecule has 1 aromatic carbocycles. The van der Waals surface area contributed by atoms with Gasteiger partial charge in [0.05, 0.1) is 10.0 Å². The molecular formula is C11H8Cl2N2O. The molecule has 0 unspecified atom stereocenters. The first kappa shape index (κ1) is 11.0. The predicted molar refractivity (Wildman–Crippen MR) is 65.2 cm³/mol. The second-order valence-electron chi connectivity index (χ2n) is 3.21. The molecule has 2 aromatic rings. The van der Waals surface area contributed by atoms with Gasteiger partial charge >= 0.3 is 0 Å². The fraction of sp³-hybridized carbons (Fsp3) is 0. The molecule has 5 heteroatoms. The highest BCUT2D eigenvalue weighted by molar-refractivity contribution is 6.42. The third-order valence-corrected chi connectivity index (χ3v) is 2.81. The highest BCUT2D eigenvalue weighted by Crippen LogP contribution is 2.29. The van der Waals surface area contributed by atoms with Crippen molar-refractivity contribution in [3.05, 3.63) is 46.1 Å². The van der Waals surface area contributed by atoms with Gasteiger partial charge in [-0.1, -0.05) is 23.2 Å². The first-order valence-corrected chi connectivity index (χ1v) is 5.23. The van der Waals surface area contributed by atoms with Gasteiger partial charge in [0.15, 0.2) is 11.6 Å². The quantitative estimate of drug-likeness (QED) is 0.636. The molecule has 16 heavy (non-hydrogen) atoms. The number of nitrogens with one attached hydrogen (secondary N) is 1. The van der Waals surface area contributed by atoms with Crippen LogP contribution in [0.4, 0.5) is 0 Å². The van der Waals surface area contributed by atoms with Gasteiger partial charge in [0.2, 0.25) is 0 Å². The van der Waals surface area contributed by atoms with Crippen LogP contribution < -0.4 is 5.73 Å². The summed E-state index contributed by atoms with van der Waals surface area (Å²) in [4.78, 5) is 0. The van der Waals surface area contributed by atoms with E-state index in [2.05, 4.69) is 0 Å². The number of halogens is 2. The number of nitrogens with two attached hydrogens (primary N) is 1. The van der Waals surface area contributed by atoms with Crippen LogP contribution in [0.3, 0.4) is 0 Å². The third kappa shape index (κ3) is 2.05. The van der Waals surface area contributed by atoms with Crippen molar-refractivity contribution in [2.45, 2.75) is 0 Å². The van der Waals surface area contributed by atoms with E-state index >= 15 is 0 Å². The van der Waals surface area contributed by atoms with Crippen LogP contribution in [0.1, 0.15) is 5.76 Å². The maximum absolute atomic E-state index is 7.22. The Morgan fingerprint density at radius 2 is 1.88 bits per heavy atom. The monoisotopic (exact) mass is 254 g/mol. The third-order valence-electron chi connectivity index (χ3n) is 2.08. The summed E-state index contributed by atoms with van der Waals surface area (Å²) in [5, 5.41) is 8.17. The van der Waals surface area contributed by atoms with Gasteiger partial charge in [-0.15, -0.1) is 0 Å². The van der Waals surface area contributed by atoms with Crippen molar-refractivity contribution in [1.82, 2.24) is 0 Å². The van der Waals surface area contributed by atoms with E-state index in [4.69, 9.17) is 38.8 Å². The lowest BCUT2D eigenvalue weighted by Gasteiger charge is -1.99. The zero-order chi connectivity index (χ0) is 11.7. The first-order valence-electron chi connectivity index (χ1n) is 4.47. The Labute approximate surface area is 102 Å². The van der Waals surface area contributed by atoms with Crippen molar-refractivity contribution in [2.24, 2.45) is 5.73 Å². The zero-order valence-electron chi connectivity index (χ0n) is 8.13. The summed E-state index contributed by atoms with van der Waals surface area (Å²) in [6, 6.07) is 8.55. The smallest absolute Gasteiger partial charge is 0.168 e. The molecule has 0 radical (unpaired) electrons. The second kappa shape index (κ2) is 4.20. The Morgan fingerprint density at radius 1 is 1.12 bits per heavy atom. The lowest BCUT2D eigenvalue weighted by Crippen LogP contribution is -2.09. The molecule has 82 valence electrons. The van der Waals surface area contributed by atoms with Crippen molar-refractivity contribution in [3.8, 4) is 11.3 Å². The number of hydrogen-bond acceptors (Lipinski definition) is 2. The highest BCUT2D eigenvalue weighted by Gasteiger charge is 2.08. The topological polar surface area (TPSA) is 63.0 Å². The minimum absolute atomic E-state index is 0.105. The average Bonchev–Trinajstić information content (AvgIpc) is 2.71. The standard InChI is InChI=1S/C11H8Cl2N2O/c12-7-2-1-6(5-8(7)13)9-3-4-10(16-9)11(14)15/h1-5H,(H3,14,15). The average molecular weight is 255 g/mol. The number of nitrogen functional groups attached to an aromatic ring is 1. The number of hydrogen-bond donors (Lipinski definition) is 2. The molecule has 3 N–H and O–H groups in total. The summed E-state index contributed by atoms with van der Waals surface area (Å²) in [5.41, 5.74) is 6.09. The normalized spacial score (nSPS) is 10.4. The van der Waals surface area contributed by atoms with Crippen LogP contribution in [-0.4, -0.2) is 5.84 Å².